The molecule has 3 aromatic carbocycles. The molecule has 35 heavy (non-hydrogen) atoms. The summed E-state index contributed by atoms with van der Waals surface area (Å²) >= 11 is 0. The highest BCUT2D eigenvalue weighted by Gasteiger charge is 2.23. The minimum absolute atomic E-state index is 0.0266. The Bertz CT molecular complexity index is 1640. The molecule has 2 aromatic heterocycles. The summed E-state index contributed by atoms with van der Waals surface area (Å²) in [5.74, 6) is -0.652. The SMILES string of the molecule is COc1ccc(S(=O)(=O)Nc2nnc(-c3ccccc3-c3nc4ccccc4[nH]3)o2)cc1C(=O)O. The number of aromatic carboxylic acids is 1. The van der Waals surface area contributed by atoms with Gasteiger partial charge in [-0.2, -0.15) is 0 Å². The van der Waals surface area contributed by atoms with Gasteiger partial charge in [-0.1, -0.05) is 35.4 Å². The number of aromatic amines is 1. The monoisotopic (exact) mass is 491 g/mol. The summed E-state index contributed by atoms with van der Waals surface area (Å²) in [6.45, 7) is 0. The first kappa shape index (κ1) is 22.1. The lowest BCUT2D eigenvalue weighted by molar-refractivity contribution is 0.0693. The lowest BCUT2D eigenvalue weighted by atomic mass is 10.1. The summed E-state index contributed by atoms with van der Waals surface area (Å²) in [7, 11) is -2.94. The quantitative estimate of drug-likeness (QED) is 0.308. The maximum atomic E-state index is 12.8. The van der Waals surface area contributed by atoms with Crippen LogP contribution in [0.3, 0.4) is 0 Å². The van der Waals surface area contributed by atoms with E-state index < -0.39 is 16.0 Å². The number of fused-ring (bicyclic) bond motifs is 1. The Kier molecular flexibility index (Phi) is 5.41. The molecule has 5 rings (SSSR count). The van der Waals surface area contributed by atoms with Gasteiger partial charge in [-0.15, -0.1) is 5.10 Å². The molecule has 5 aromatic rings. The number of para-hydroxylation sites is 2. The van der Waals surface area contributed by atoms with E-state index in [0.717, 1.165) is 17.1 Å². The zero-order chi connectivity index (χ0) is 24.6. The minimum atomic E-state index is -4.23. The van der Waals surface area contributed by atoms with E-state index in [2.05, 4.69) is 24.9 Å². The topological polar surface area (TPSA) is 160 Å². The van der Waals surface area contributed by atoms with Crippen molar-refractivity contribution in [1.29, 1.82) is 0 Å². The van der Waals surface area contributed by atoms with Crippen LogP contribution >= 0.6 is 0 Å². The molecule has 0 spiro atoms. The number of carboxylic acid groups (broad SMARTS) is 1. The van der Waals surface area contributed by atoms with Gasteiger partial charge in [0.05, 0.1) is 23.0 Å². The summed E-state index contributed by atoms with van der Waals surface area (Å²) < 4.78 is 38.4. The summed E-state index contributed by atoms with van der Waals surface area (Å²) in [6.07, 6.45) is 0. The molecule has 0 fully saturated rings. The second-order valence-corrected chi connectivity index (χ2v) is 9.02. The Hall–Kier alpha value is -4.71. The molecule has 0 radical (unpaired) electrons. The van der Waals surface area contributed by atoms with Crippen molar-refractivity contribution in [2.75, 3.05) is 11.8 Å². The summed E-state index contributed by atoms with van der Waals surface area (Å²) in [5.41, 5.74) is 2.57. The smallest absolute Gasteiger partial charge is 0.339 e. The average Bonchev–Trinajstić information content (AvgIpc) is 3.50. The first-order chi connectivity index (χ1) is 16.9. The van der Waals surface area contributed by atoms with E-state index in [1.807, 2.05) is 36.4 Å². The number of ether oxygens (including phenoxy) is 1. The average molecular weight is 491 g/mol. The van der Waals surface area contributed by atoms with Crippen molar-refractivity contribution in [3.63, 3.8) is 0 Å². The molecule has 0 saturated carbocycles. The third-order valence-corrected chi connectivity index (χ3v) is 6.48. The fourth-order valence-electron chi connectivity index (χ4n) is 3.53. The van der Waals surface area contributed by atoms with Crippen molar-refractivity contribution in [1.82, 2.24) is 20.2 Å². The van der Waals surface area contributed by atoms with Gasteiger partial charge >= 0.3 is 12.0 Å². The van der Waals surface area contributed by atoms with Crippen molar-refractivity contribution in [2.24, 2.45) is 0 Å². The van der Waals surface area contributed by atoms with E-state index in [4.69, 9.17) is 9.15 Å². The van der Waals surface area contributed by atoms with Crippen LogP contribution < -0.4 is 9.46 Å². The van der Waals surface area contributed by atoms with Gasteiger partial charge in [0.25, 0.3) is 15.9 Å². The molecule has 0 unspecified atom stereocenters. The van der Waals surface area contributed by atoms with E-state index in [0.29, 0.717) is 17.0 Å². The van der Waals surface area contributed by atoms with E-state index in [-0.39, 0.29) is 28.1 Å². The zero-order valence-corrected chi connectivity index (χ0v) is 18.9. The number of hydrogen-bond donors (Lipinski definition) is 3. The molecular weight excluding hydrogens is 474 g/mol. The van der Waals surface area contributed by atoms with Gasteiger partial charge in [0.2, 0.25) is 0 Å². The summed E-state index contributed by atoms with van der Waals surface area (Å²) in [4.78, 5) is 19.0. The lowest BCUT2D eigenvalue weighted by Gasteiger charge is -2.08. The van der Waals surface area contributed by atoms with Crippen molar-refractivity contribution in [3.05, 3.63) is 72.3 Å². The van der Waals surface area contributed by atoms with Gasteiger partial charge in [-0.25, -0.2) is 22.9 Å². The molecule has 0 atom stereocenters. The standard InChI is InChI=1S/C23H17N5O6S/c1-33-19-11-10-13(12-16(19)22(29)30)35(31,32)28-23-27-26-21(34-23)15-7-3-2-6-14(15)20-24-17-8-4-5-9-18(17)25-20/h2-12H,1H3,(H,24,25)(H,27,28)(H,29,30). The zero-order valence-electron chi connectivity index (χ0n) is 18.1. The number of anilines is 1. The highest BCUT2D eigenvalue weighted by atomic mass is 32.2. The highest BCUT2D eigenvalue weighted by molar-refractivity contribution is 7.92. The number of nitrogens with zero attached hydrogens (tertiary/aromatic N) is 3. The molecule has 0 aliphatic carbocycles. The van der Waals surface area contributed by atoms with Crippen LogP contribution in [0.4, 0.5) is 6.01 Å². The number of benzene rings is 3. The molecule has 12 heteroatoms. The Morgan fingerprint density at radius 1 is 1.03 bits per heavy atom. The van der Waals surface area contributed by atoms with Crippen molar-refractivity contribution in [2.45, 2.75) is 4.90 Å². The normalized spacial score (nSPS) is 11.5. The van der Waals surface area contributed by atoms with Crippen LogP contribution in [-0.4, -0.2) is 46.8 Å². The molecule has 0 saturated heterocycles. The molecular formula is C23H17N5O6S. The van der Waals surface area contributed by atoms with Crippen molar-refractivity contribution >= 4 is 33.0 Å². The van der Waals surface area contributed by atoms with Gasteiger partial charge in [0.15, 0.2) is 0 Å². The predicted octanol–water partition coefficient (Wildman–Crippen LogP) is 3.79. The Labute approximate surface area is 198 Å². The lowest BCUT2D eigenvalue weighted by Crippen LogP contribution is -2.14. The van der Waals surface area contributed by atoms with Crippen LogP contribution in [0.1, 0.15) is 10.4 Å². The van der Waals surface area contributed by atoms with Gasteiger partial charge < -0.3 is 19.2 Å². The molecule has 0 aliphatic rings. The van der Waals surface area contributed by atoms with E-state index in [1.54, 1.807) is 12.1 Å². The summed E-state index contributed by atoms with van der Waals surface area (Å²) in [6, 6.07) is 17.8. The first-order valence-corrected chi connectivity index (χ1v) is 11.7. The molecule has 11 nitrogen and oxygen atoms in total. The molecule has 3 N–H and O–H groups in total. The number of hydrogen-bond acceptors (Lipinski definition) is 8. The fraction of sp³-hybridized carbons (Fsp3) is 0.0435. The van der Waals surface area contributed by atoms with Crippen LogP contribution in [0.5, 0.6) is 5.75 Å². The second-order valence-electron chi connectivity index (χ2n) is 7.33. The number of carboxylic acids is 1. The van der Waals surface area contributed by atoms with E-state index >= 15 is 0 Å². The highest BCUT2D eigenvalue weighted by Crippen LogP contribution is 2.32. The van der Waals surface area contributed by atoms with Crippen molar-refractivity contribution < 1.29 is 27.5 Å². The van der Waals surface area contributed by atoms with Gasteiger partial charge in [0, 0.05) is 11.1 Å². The van der Waals surface area contributed by atoms with Crippen LogP contribution in [0.2, 0.25) is 0 Å². The Morgan fingerprint density at radius 2 is 1.77 bits per heavy atom. The molecule has 0 amide bonds. The number of aromatic nitrogens is 4. The maximum absolute atomic E-state index is 12.8. The summed E-state index contributed by atoms with van der Waals surface area (Å²) in [5, 5.41) is 17.1. The first-order valence-electron chi connectivity index (χ1n) is 10.2. The second kappa shape index (κ2) is 8.57. The molecule has 2 heterocycles. The van der Waals surface area contributed by atoms with Gasteiger partial charge in [-0.3, -0.25) is 0 Å². The van der Waals surface area contributed by atoms with Gasteiger partial charge in [-0.05, 0) is 36.4 Å². The van der Waals surface area contributed by atoms with E-state index in [1.165, 1.54) is 19.2 Å². The Balaban J connectivity index is 1.47. The maximum Gasteiger partial charge on any atom is 0.339 e. The molecule has 0 aliphatic heterocycles. The number of imidazole rings is 1. The largest absolute Gasteiger partial charge is 0.496 e. The van der Waals surface area contributed by atoms with Crippen LogP contribution in [0.15, 0.2) is 76.0 Å². The predicted molar refractivity (Wildman–Crippen MR) is 126 cm³/mol. The fourth-order valence-corrected chi connectivity index (χ4v) is 4.48. The number of rotatable bonds is 7. The van der Waals surface area contributed by atoms with Crippen LogP contribution in [-0.2, 0) is 10.0 Å². The minimum Gasteiger partial charge on any atom is -0.496 e. The number of H-pyrrole nitrogens is 1. The Morgan fingerprint density at radius 3 is 2.51 bits per heavy atom. The molecule has 176 valence electrons. The van der Waals surface area contributed by atoms with Gasteiger partial charge in [0.1, 0.15) is 17.1 Å². The number of sulfonamides is 1. The van der Waals surface area contributed by atoms with Crippen LogP contribution in [0, 0.1) is 0 Å². The molecule has 0 bridgehead atoms. The van der Waals surface area contributed by atoms with Crippen molar-refractivity contribution in [3.8, 4) is 28.6 Å². The van der Waals surface area contributed by atoms with E-state index in [9.17, 15) is 18.3 Å². The third kappa shape index (κ3) is 4.17. The number of nitrogens with one attached hydrogen (secondary N) is 2. The number of methoxy groups -OCH3 is 1. The third-order valence-electron chi connectivity index (χ3n) is 5.16. The van der Waals surface area contributed by atoms with Crippen LogP contribution in [0.25, 0.3) is 33.9 Å². The number of carbonyl (C=O) groups is 1.